The van der Waals surface area contributed by atoms with Crippen LogP contribution in [-0.4, -0.2) is 58.2 Å². The molecule has 0 fully saturated rings. The molecular formula is C12H16O8. The average Bonchev–Trinajstić information content (AvgIpc) is 2.79. The molecule has 0 aromatic rings. The van der Waals surface area contributed by atoms with Crippen LogP contribution in [-0.2, 0) is 19.1 Å². The van der Waals surface area contributed by atoms with Crippen molar-refractivity contribution in [3.05, 3.63) is 24.3 Å². The average molecular weight is 288 g/mol. The Morgan fingerprint density at radius 2 is 1.55 bits per heavy atom. The standard InChI is InChI=1S/C8H14O5.C4H2O3/c9-4-8(5-10,6-11)3-1-2-7(12)13;5-3-1-2-4(6)7-3/h1-2,9-11H,3-6H2,(H,12,13);1-2H. The number of hydrogen-bond donors (Lipinski definition) is 4. The van der Waals surface area contributed by atoms with Crippen molar-refractivity contribution in [2.45, 2.75) is 6.42 Å². The molecule has 0 aromatic carbocycles. The van der Waals surface area contributed by atoms with E-state index in [4.69, 9.17) is 20.4 Å². The van der Waals surface area contributed by atoms with Gasteiger partial charge < -0.3 is 25.2 Å². The lowest BCUT2D eigenvalue weighted by Gasteiger charge is -2.25. The third-order valence-electron chi connectivity index (χ3n) is 2.37. The molecule has 0 radical (unpaired) electrons. The van der Waals surface area contributed by atoms with Crippen LogP contribution in [0.3, 0.4) is 0 Å². The Balaban J connectivity index is 0.000000428. The molecule has 0 saturated carbocycles. The van der Waals surface area contributed by atoms with Gasteiger partial charge in [0.15, 0.2) is 0 Å². The number of aliphatic hydroxyl groups excluding tert-OH is 3. The second-order valence-electron chi connectivity index (χ2n) is 3.99. The first-order chi connectivity index (χ1) is 9.39. The molecule has 1 heterocycles. The Labute approximate surface area is 114 Å². The fourth-order valence-corrected chi connectivity index (χ4v) is 1.06. The van der Waals surface area contributed by atoms with Gasteiger partial charge in [0.25, 0.3) is 0 Å². The number of aliphatic hydroxyl groups is 3. The number of aliphatic carboxylic acids is 1. The van der Waals surface area contributed by atoms with Gasteiger partial charge in [0.05, 0.1) is 19.8 Å². The number of hydrogen-bond acceptors (Lipinski definition) is 7. The lowest BCUT2D eigenvalue weighted by Crippen LogP contribution is -2.33. The maximum Gasteiger partial charge on any atom is 0.338 e. The van der Waals surface area contributed by atoms with E-state index in [-0.39, 0.29) is 26.2 Å². The van der Waals surface area contributed by atoms with Gasteiger partial charge in [-0.15, -0.1) is 0 Å². The minimum absolute atomic E-state index is 0.128. The second-order valence-corrected chi connectivity index (χ2v) is 3.99. The fourth-order valence-electron chi connectivity index (χ4n) is 1.06. The molecule has 1 aliphatic heterocycles. The third-order valence-corrected chi connectivity index (χ3v) is 2.37. The van der Waals surface area contributed by atoms with Gasteiger partial charge in [-0.1, -0.05) is 6.08 Å². The van der Waals surface area contributed by atoms with Gasteiger partial charge in [-0.3, -0.25) is 0 Å². The third kappa shape index (κ3) is 6.78. The Hall–Kier alpha value is -2.03. The number of carbonyl (C=O) groups excluding carboxylic acids is 2. The van der Waals surface area contributed by atoms with Gasteiger partial charge in [-0.2, -0.15) is 0 Å². The van der Waals surface area contributed by atoms with Crippen molar-refractivity contribution in [1.29, 1.82) is 0 Å². The monoisotopic (exact) mass is 288 g/mol. The Bertz CT molecular complexity index is 381. The summed E-state index contributed by atoms with van der Waals surface area (Å²) in [4.78, 5) is 29.9. The first-order valence-electron chi connectivity index (χ1n) is 5.55. The van der Waals surface area contributed by atoms with Crippen molar-refractivity contribution in [3.8, 4) is 0 Å². The normalized spacial score (nSPS) is 14.2. The van der Waals surface area contributed by atoms with E-state index in [2.05, 4.69) is 4.74 Å². The fraction of sp³-hybridized carbons (Fsp3) is 0.417. The summed E-state index contributed by atoms with van der Waals surface area (Å²) in [7, 11) is 0. The largest absolute Gasteiger partial charge is 0.478 e. The van der Waals surface area contributed by atoms with Crippen LogP contribution in [0.15, 0.2) is 24.3 Å². The second kappa shape index (κ2) is 8.97. The van der Waals surface area contributed by atoms with Crippen LogP contribution in [0.1, 0.15) is 6.42 Å². The molecule has 8 heteroatoms. The van der Waals surface area contributed by atoms with E-state index < -0.39 is 23.3 Å². The van der Waals surface area contributed by atoms with Crippen LogP contribution in [0.2, 0.25) is 0 Å². The molecule has 0 aromatic heterocycles. The van der Waals surface area contributed by atoms with Crippen LogP contribution >= 0.6 is 0 Å². The summed E-state index contributed by atoms with van der Waals surface area (Å²) < 4.78 is 3.97. The number of rotatable bonds is 6. The highest BCUT2D eigenvalue weighted by atomic mass is 16.6. The summed E-state index contributed by atoms with van der Waals surface area (Å²) in [6, 6.07) is 0. The maximum atomic E-state index is 10.1. The Kier molecular flexibility index (Phi) is 8.06. The Morgan fingerprint density at radius 1 is 1.10 bits per heavy atom. The van der Waals surface area contributed by atoms with Crippen molar-refractivity contribution >= 4 is 17.9 Å². The highest BCUT2D eigenvalue weighted by molar-refractivity contribution is 6.04. The molecule has 8 nitrogen and oxygen atoms in total. The van der Waals surface area contributed by atoms with E-state index in [0.29, 0.717) is 0 Å². The summed E-state index contributed by atoms with van der Waals surface area (Å²) in [5.74, 6) is -2.25. The molecule has 0 saturated heterocycles. The first-order valence-corrected chi connectivity index (χ1v) is 5.55. The van der Waals surface area contributed by atoms with Crippen LogP contribution in [0.25, 0.3) is 0 Å². The highest BCUT2D eigenvalue weighted by Crippen LogP contribution is 2.20. The van der Waals surface area contributed by atoms with Crippen LogP contribution in [0, 0.1) is 5.41 Å². The summed E-state index contributed by atoms with van der Waals surface area (Å²) in [6.45, 7) is -1.15. The molecule has 0 aliphatic carbocycles. The highest BCUT2D eigenvalue weighted by Gasteiger charge is 2.26. The molecule has 1 rings (SSSR count). The lowest BCUT2D eigenvalue weighted by molar-refractivity contribution is -0.150. The zero-order chi connectivity index (χ0) is 15.6. The number of carboxylic acids is 1. The zero-order valence-corrected chi connectivity index (χ0v) is 10.6. The van der Waals surface area contributed by atoms with Gasteiger partial charge in [0, 0.05) is 23.6 Å². The number of carboxylic acid groups (broad SMARTS) is 1. The molecule has 0 amide bonds. The van der Waals surface area contributed by atoms with E-state index in [9.17, 15) is 14.4 Å². The molecule has 4 N–H and O–H groups in total. The molecule has 1 aliphatic rings. The van der Waals surface area contributed by atoms with Crippen molar-refractivity contribution in [1.82, 2.24) is 0 Å². The van der Waals surface area contributed by atoms with E-state index >= 15 is 0 Å². The van der Waals surface area contributed by atoms with Gasteiger partial charge in [-0.05, 0) is 6.42 Å². The van der Waals surface area contributed by atoms with Gasteiger partial charge >= 0.3 is 17.9 Å². The van der Waals surface area contributed by atoms with Gasteiger partial charge in [-0.25, -0.2) is 14.4 Å². The minimum atomic E-state index is -1.09. The number of carbonyl (C=O) groups is 3. The molecule has 0 spiro atoms. The summed E-state index contributed by atoms with van der Waals surface area (Å²) in [6.07, 6.45) is 4.51. The molecule has 0 atom stereocenters. The van der Waals surface area contributed by atoms with E-state index in [1.54, 1.807) is 0 Å². The number of cyclic esters (lactones) is 2. The van der Waals surface area contributed by atoms with E-state index in [0.717, 1.165) is 18.2 Å². The first kappa shape index (κ1) is 18.0. The van der Waals surface area contributed by atoms with Crippen molar-refractivity contribution in [2.75, 3.05) is 19.8 Å². The number of allylic oxidation sites excluding steroid dienone is 1. The van der Waals surface area contributed by atoms with Gasteiger partial charge in [0.1, 0.15) is 0 Å². The number of ether oxygens (including phenoxy) is 1. The van der Waals surface area contributed by atoms with Crippen molar-refractivity contribution < 1.29 is 39.5 Å². The number of esters is 2. The molecule has 0 unspecified atom stereocenters. The summed E-state index contributed by atoms with van der Waals surface area (Å²) in [5.41, 5.74) is -1.02. The van der Waals surface area contributed by atoms with E-state index in [1.165, 1.54) is 6.08 Å². The van der Waals surface area contributed by atoms with Crippen LogP contribution in [0.5, 0.6) is 0 Å². The molecule has 0 bridgehead atoms. The van der Waals surface area contributed by atoms with Crippen molar-refractivity contribution in [2.24, 2.45) is 5.41 Å². The molecule has 20 heavy (non-hydrogen) atoms. The maximum absolute atomic E-state index is 10.1. The quantitative estimate of drug-likeness (QED) is 0.266. The topological polar surface area (TPSA) is 141 Å². The molecule has 112 valence electrons. The summed E-state index contributed by atoms with van der Waals surface area (Å²) >= 11 is 0. The Morgan fingerprint density at radius 3 is 1.80 bits per heavy atom. The minimum Gasteiger partial charge on any atom is -0.478 e. The van der Waals surface area contributed by atoms with E-state index in [1.807, 2.05) is 0 Å². The molecular weight excluding hydrogens is 272 g/mol. The summed E-state index contributed by atoms with van der Waals surface area (Å²) in [5, 5.41) is 34.8. The predicted octanol–water partition coefficient (Wildman–Crippen LogP) is -1.39. The SMILES string of the molecule is O=C(O)C=CCC(CO)(CO)CO.O=C1C=CC(=O)O1. The van der Waals surface area contributed by atoms with Crippen LogP contribution in [0.4, 0.5) is 0 Å². The van der Waals surface area contributed by atoms with Crippen LogP contribution < -0.4 is 0 Å². The lowest BCUT2D eigenvalue weighted by atomic mass is 9.87. The zero-order valence-electron chi connectivity index (χ0n) is 10.6. The van der Waals surface area contributed by atoms with Crippen molar-refractivity contribution in [3.63, 3.8) is 0 Å². The van der Waals surface area contributed by atoms with Gasteiger partial charge in [0.2, 0.25) is 0 Å². The predicted molar refractivity (Wildman–Crippen MR) is 65.3 cm³/mol. The smallest absolute Gasteiger partial charge is 0.338 e.